The molecule has 11 rings (SSSR count). The highest BCUT2D eigenvalue weighted by Gasteiger charge is 2.46. The molecular formula is C53H35N3. The highest BCUT2D eigenvalue weighted by molar-refractivity contribution is 6.11. The average molecular weight is 714 g/mol. The van der Waals surface area contributed by atoms with Gasteiger partial charge in [0.2, 0.25) is 5.95 Å². The summed E-state index contributed by atoms with van der Waals surface area (Å²) in [6.45, 7) is 0. The molecule has 0 N–H and O–H groups in total. The summed E-state index contributed by atoms with van der Waals surface area (Å²) in [6.07, 6.45) is 0. The minimum absolute atomic E-state index is 0.556. The molecule has 56 heavy (non-hydrogen) atoms. The fraction of sp³-hybridized carbons (Fsp3) is 0.0189. The van der Waals surface area contributed by atoms with Gasteiger partial charge in [-0.05, 0) is 74.8 Å². The van der Waals surface area contributed by atoms with Crippen LogP contribution in [0, 0.1) is 0 Å². The van der Waals surface area contributed by atoms with Gasteiger partial charge in [-0.15, -0.1) is 0 Å². The van der Waals surface area contributed by atoms with Crippen LogP contribution in [0.1, 0.15) is 22.3 Å². The second kappa shape index (κ2) is 12.9. The molecule has 1 aliphatic carbocycles. The molecule has 3 heteroatoms. The molecule has 1 aliphatic rings. The molecule has 0 atom stereocenters. The predicted molar refractivity (Wildman–Crippen MR) is 230 cm³/mol. The first-order chi connectivity index (χ1) is 27.8. The van der Waals surface area contributed by atoms with Crippen molar-refractivity contribution in [3.8, 4) is 50.7 Å². The van der Waals surface area contributed by atoms with E-state index in [9.17, 15) is 0 Å². The number of aromatic nitrogens is 3. The number of rotatable bonds is 6. The van der Waals surface area contributed by atoms with Crippen LogP contribution < -0.4 is 0 Å². The van der Waals surface area contributed by atoms with Gasteiger partial charge in [0.1, 0.15) is 0 Å². The molecule has 262 valence electrons. The molecule has 0 aliphatic heterocycles. The van der Waals surface area contributed by atoms with E-state index in [1.165, 1.54) is 49.9 Å². The summed E-state index contributed by atoms with van der Waals surface area (Å²) in [4.78, 5) is 10.7. The van der Waals surface area contributed by atoms with Crippen molar-refractivity contribution in [3.63, 3.8) is 0 Å². The van der Waals surface area contributed by atoms with Gasteiger partial charge in [-0.1, -0.05) is 182 Å². The lowest BCUT2D eigenvalue weighted by Gasteiger charge is -2.34. The molecule has 10 aromatic rings. The van der Waals surface area contributed by atoms with E-state index in [0.29, 0.717) is 5.95 Å². The molecule has 0 bridgehead atoms. The minimum Gasteiger partial charge on any atom is -0.278 e. The Labute approximate surface area is 325 Å². The Kier molecular flexibility index (Phi) is 7.39. The van der Waals surface area contributed by atoms with Crippen molar-refractivity contribution in [1.29, 1.82) is 0 Å². The fourth-order valence-corrected chi connectivity index (χ4v) is 9.02. The summed E-state index contributed by atoms with van der Waals surface area (Å²) >= 11 is 0. The summed E-state index contributed by atoms with van der Waals surface area (Å²) in [5.74, 6) is 0.645. The molecule has 0 spiro atoms. The van der Waals surface area contributed by atoms with Crippen molar-refractivity contribution in [2.75, 3.05) is 0 Å². The van der Waals surface area contributed by atoms with Crippen LogP contribution in [-0.4, -0.2) is 14.5 Å². The molecule has 0 saturated heterocycles. The summed E-state index contributed by atoms with van der Waals surface area (Å²) in [7, 11) is 0. The van der Waals surface area contributed by atoms with Crippen molar-refractivity contribution in [2.24, 2.45) is 0 Å². The predicted octanol–water partition coefficient (Wildman–Crippen LogP) is 12.9. The normalized spacial score (nSPS) is 12.8. The number of hydrogen-bond acceptors (Lipinski definition) is 2. The molecule has 3 nitrogen and oxygen atoms in total. The van der Waals surface area contributed by atoms with Gasteiger partial charge in [-0.25, -0.2) is 9.97 Å². The van der Waals surface area contributed by atoms with Crippen LogP contribution in [0.15, 0.2) is 212 Å². The fourth-order valence-electron chi connectivity index (χ4n) is 9.02. The summed E-state index contributed by atoms with van der Waals surface area (Å²) < 4.78 is 2.27. The minimum atomic E-state index is -0.556. The van der Waals surface area contributed by atoms with Crippen LogP contribution in [0.5, 0.6) is 0 Å². The third-order valence-electron chi connectivity index (χ3n) is 11.5. The van der Waals surface area contributed by atoms with E-state index in [4.69, 9.17) is 9.97 Å². The van der Waals surface area contributed by atoms with Gasteiger partial charge in [0.05, 0.1) is 27.8 Å². The first-order valence-electron chi connectivity index (χ1n) is 19.2. The molecule has 2 aromatic heterocycles. The number of fused-ring (bicyclic) bond motifs is 6. The highest BCUT2D eigenvalue weighted by atomic mass is 15.2. The van der Waals surface area contributed by atoms with Crippen molar-refractivity contribution in [3.05, 3.63) is 235 Å². The molecule has 0 unspecified atom stereocenters. The standard InChI is InChI=1S/C53H35N3/c1-6-18-36(19-7-1)39-30-31-42-44-34-51-45(33-47(44)53(46(42)32-39,40-24-12-4-13-25-40)41-26-14-5-15-27-41)43-28-16-17-29-50(43)56(51)52-54-48(37-20-8-2-9-21-37)35-49(55-52)38-22-10-3-11-23-38/h1-35H. The highest BCUT2D eigenvalue weighted by Crippen LogP contribution is 2.58. The largest absolute Gasteiger partial charge is 0.278 e. The zero-order chi connectivity index (χ0) is 37.1. The van der Waals surface area contributed by atoms with Gasteiger partial charge in [-0.3, -0.25) is 4.57 Å². The lowest BCUT2D eigenvalue weighted by Crippen LogP contribution is -2.28. The van der Waals surface area contributed by atoms with Gasteiger partial charge in [0.25, 0.3) is 0 Å². The van der Waals surface area contributed by atoms with Crippen LogP contribution in [0.25, 0.3) is 72.5 Å². The monoisotopic (exact) mass is 713 g/mol. The third kappa shape index (κ3) is 4.91. The SMILES string of the molecule is c1ccc(-c2ccc3c(c2)C(c2ccccc2)(c2ccccc2)c2cc4c5ccccc5n(-c5nc(-c6ccccc6)cc(-c6ccccc6)n5)c4cc2-3)cc1. The van der Waals surface area contributed by atoms with Gasteiger partial charge in [-0.2, -0.15) is 0 Å². The van der Waals surface area contributed by atoms with E-state index < -0.39 is 5.41 Å². The maximum atomic E-state index is 5.33. The summed E-state index contributed by atoms with van der Waals surface area (Å²) in [6, 6.07) is 76.3. The molecule has 0 radical (unpaired) electrons. The molecule has 8 aromatic carbocycles. The van der Waals surface area contributed by atoms with Crippen molar-refractivity contribution >= 4 is 21.8 Å². The summed E-state index contributed by atoms with van der Waals surface area (Å²) in [5, 5.41) is 2.33. The maximum absolute atomic E-state index is 5.33. The Bertz CT molecular complexity index is 2950. The van der Waals surface area contributed by atoms with E-state index >= 15 is 0 Å². The Hall–Kier alpha value is -7.36. The first kappa shape index (κ1) is 32.1. The maximum Gasteiger partial charge on any atom is 0.235 e. The van der Waals surface area contributed by atoms with Crippen molar-refractivity contribution in [1.82, 2.24) is 14.5 Å². The number of para-hydroxylation sites is 1. The Morgan fingerprint density at radius 2 is 0.839 bits per heavy atom. The zero-order valence-corrected chi connectivity index (χ0v) is 30.5. The second-order valence-electron chi connectivity index (χ2n) is 14.5. The van der Waals surface area contributed by atoms with E-state index in [-0.39, 0.29) is 0 Å². The van der Waals surface area contributed by atoms with Crippen LogP contribution >= 0.6 is 0 Å². The van der Waals surface area contributed by atoms with E-state index in [1.54, 1.807) is 0 Å². The van der Waals surface area contributed by atoms with Gasteiger partial charge >= 0.3 is 0 Å². The molecule has 0 amide bonds. The van der Waals surface area contributed by atoms with Gasteiger partial charge in [0.15, 0.2) is 0 Å². The van der Waals surface area contributed by atoms with Crippen LogP contribution in [0.2, 0.25) is 0 Å². The average Bonchev–Trinajstić information content (AvgIpc) is 3.76. The lowest BCUT2D eigenvalue weighted by atomic mass is 9.67. The Morgan fingerprint density at radius 1 is 0.339 bits per heavy atom. The topological polar surface area (TPSA) is 30.7 Å². The van der Waals surface area contributed by atoms with Crippen molar-refractivity contribution < 1.29 is 0 Å². The zero-order valence-electron chi connectivity index (χ0n) is 30.5. The van der Waals surface area contributed by atoms with Crippen molar-refractivity contribution in [2.45, 2.75) is 5.41 Å². The third-order valence-corrected chi connectivity index (χ3v) is 11.5. The number of hydrogen-bond donors (Lipinski definition) is 0. The van der Waals surface area contributed by atoms with Gasteiger partial charge < -0.3 is 0 Å². The van der Waals surface area contributed by atoms with Crippen LogP contribution in [0.3, 0.4) is 0 Å². The quantitative estimate of drug-likeness (QED) is 0.172. The lowest BCUT2D eigenvalue weighted by molar-refractivity contribution is 0.770. The Balaban J connectivity index is 1.25. The molecular weight excluding hydrogens is 679 g/mol. The van der Waals surface area contributed by atoms with E-state index in [2.05, 4.69) is 205 Å². The first-order valence-corrected chi connectivity index (χ1v) is 19.2. The second-order valence-corrected chi connectivity index (χ2v) is 14.5. The molecule has 0 saturated carbocycles. The Morgan fingerprint density at radius 3 is 1.43 bits per heavy atom. The van der Waals surface area contributed by atoms with Crippen LogP contribution in [0.4, 0.5) is 0 Å². The molecule has 0 fully saturated rings. The molecule has 2 heterocycles. The number of benzene rings is 8. The van der Waals surface area contributed by atoms with E-state index in [1.807, 2.05) is 12.1 Å². The van der Waals surface area contributed by atoms with Crippen LogP contribution in [-0.2, 0) is 5.41 Å². The smallest absolute Gasteiger partial charge is 0.235 e. The van der Waals surface area contributed by atoms with Gasteiger partial charge in [0, 0.05) is 21.9 Å². The summed E-state index contributed by atoms with van der Waals surface area (Å²) in [5.41, 5.74) is 15.3. The van der Waals surface area contributed by atoms with E-state index in [0.717, 1.165) is 38.9 Å². The number of nitrogens with zero attached hydrogens (tertiary/aromatic N) is 3.